The van der Waals surface area contributed by atoms with Crippen LogP contribution in [0.5, 0.6) is 0 Å². The third-order valence-electron chi connectivity index (χ3n) is 4.23. The number of amides is 2. The molecule has 0 spiro atoms. The summed E-state index contributed by atoms with van der Waals surface area (Å²) in [4.78, 5) is 25.1. The highest BCUT2D eigenvalue weighted by atomic mass is 19.4. The minimum atomic E-state index is -4.82. The quantitative estimate of drug-likeness (QED) is 0.374. The number of alkyl halides is 3. The van der Waals surface area contributed by atoms with Gasteiger partial charge in [-0.3, -0.25) is 9.59 Å². The van der Waals surface area contributed by atoms with Gasteiger partial charge in [0.25, 0.3) is 11.8 Å². The molecular formula is C20H16F3N5O3. The average molecular weight is 431 g/mol. The van der Waals surface area contributed by atoms with Gasteiger partial charge in [-0.05, 0) is 49.4 Å². The number of imide groups is 1. The number of hydrogen-bond donors (Lipinski definition) is 3. The lowest BCUT2D eigenvalue weighted by atomic mass is 10.1. The van der Waals surface area contributed by atoms with Crippen molar-refractivity contribution in [1.82, 2.24) is 5.01 Å². The number of carbonyl (C=O) groups excluding carboxylic acids is 2. The topological polar surface area (TPSA) is 143 Å². The second-order valence-electron chi connectivity index (χ2n) is 6.44. The van der Waals surface area contributed by atoms with Crippen LogP contribution in [0.2, 0.25) is 0 Å². The van der Waals surface area contributed by atoms with Crippen molar-refractivity contribution in [2.24, 2.45) is 5.84 Å². The van der Waals surface area contributed by atoms with Gasteiger partial charge >= 0.3 is 6.18 Å². The van der Waals surface area contributed by atoms with Crippen LogP contribution in [0.3, 0.4) is 0 Å². The summed E-state index contributed by atoms with van der Waals surface area (Å²) in [5.74, 6) is 3.54. The number of nitrogens with zero attached hydrogens (tertiary/aromatic N) is 3. The second-order valence-corrected chi connectivity index (χ2v) is 6.44. The molecule has 31 heavy (non-hydrogen) atoms. The van der Waals surface area contributed by atoms with E-state index in [0.717, 1.165) is 12.1 Å². The van der Waals surface area contributed by atoms with Crippen LogP contribution < -0.4 is 11.2 Å². The molecule has 0 unspecified atom stereocenters. The van der Waals surface area contributed by atoms with Crippen molar-refractivity contribution < 1.29 is 27.9 Å². The number of hydrazine groups is 1. The average Bonchev–Trinajstić information content (AvgIpc) is 2.75. The number of nitrogens with one attached hydrogen (secondary N) is 1. The Labute approximate surface area is 174 Å². The number of aliphatic hydroxyl groups excluding tert-OH is 1. The van der Waals surface area contributed by atoms with Crippen LogP contribution in [0.4, 0.5) is 18.9 Å². The molecule has 0 fully saturated rings. The lowest BCUT2D eigenvalue weighted by Crippen LogP contribution is -2.53. The van der Waals surface area contributed by atoms with Crippen LogP contribution in [0.1, 0.15) is 34.0 Å². The normalized spacial score (nSPS) is 12.8. The highest BCUT2D eigenvalue weighted by Gasteiger charge is 2.35. The van der Waals surface area contributed by atoms with Crippen LogP contribution >= 0.6 is 0 Å². The highest BCUT2D eigenvalue weighted by Crippen LogP contribution is 2.33. The van der Waals surface area contributed by atoms with Gasteiger partial charge < -0.3 is 10.4 Å². The molecule has 4 N–H and O–H groups in total. The summed E-state index contributed by atoms with van der Waals surface area (Å²) in [6.07, 6.45) is -6.27. The fourth-order valence-corrected chi connectivity index (χ4v) is 2.61. The van der Waals surface area contributed by atoms with Crippen LogP contribution in [0.15, 0.2) is 42.5 Å². The summed E-state index contributed by atoms with van der Waals surface area (Å²) in [6, 6.07) is 9.60. The second kappa shape index (κ2) is 9.26. The van der Waals surface area contributed by atoms with Crippen molar-refractivity contribution in [1.29, 1.82) is 10.5 Å². The van der Waals surface area contributed by atoms with E-state index in [1.54, 1.807) is 0 Å². The Kier molecular flexibility index (Phi) is 6.97. The van der Waals surface area contributed by atoms with Gasteiger partial charge in [0.05, 0.1) is 34.9 Å². The number of hydrogen-bond acceptors (Lipinski definition) is 7. The van der Waals surface area contributed by atoms with E-state index in [-0.39, 0.29) is 21.8 Å². The van der Waals surface area contributed by atoms with E-state index in [1.807, 2.05) is 6.07 Å². The van der Waals surface area contributed by atoms with Crippen molar-refractivity contribution in [3.05, 3.63) is 64.7 Å². The van der Waals surface area contributed by atoms with E-state index in [1.165, 1.54) is 37.3 Å². The largest absolute Gasteiger partial charge is 0.417 e. The third kappa shape index (κ3) is 5.36. The molecule has 0 radical (unpaired) electrons. The number of carbonyl (C=O) groups is 2. The fourth-order valence-electron chi connectivity index (χ4n) is 2.61. The molecule has 8 nitrogen and oxygen atoms in total. The number of aliphatic hydroxyl groups is 1. The number of nitriles is 2. The molecule has 0 aliphatic heterocycles. The van der Waals surface area contributed by atoms with E-state index in [0.29, 0.717) is 6.07 Å². The molecule has 0 bridgehead atoms. The molecule has 2 amide bonds. The highest BCUT2D eigenvalue weighted by molar-refractivity contribution is 6.06. The van der Waals surface area contributed by atoms with Crippen molar-refractivity contribution >= 4 is 17.5 Å². The van der Waals surface area contributed by atoms with Gasteiger partial charge in [-0.1, -0.05) is 0 Å². The van der Waals surface area contributed by atoms with E-state index < -0.39 is 41.3 Å². The Morgan fingerprint density at radius 2 is 1.74 bits per heavy atom. The van der Waals surface area contributed by atoms with E-state index >= 15 is 0 Å². The maximum Gasteiger partial charge on any atom is 0.417 e. The first-order valence-corrected chi connectivity index (χ1v) is 8.68. The molecule has 2 aromatic rings. The van der Waals surface area contributed by atoms with E-state index in [4.69, 9.17) is 16.4 Å². The maximum absolute atomic E-state index is 13.2. The Balaban J connectivity index is 2.29. The first kappa shape index (κ1) is 23.3. The van der Waals surface area contributed by atoms with Crippen LogP contribution in [0, 0.1) is 22.7 Å². The minimum Gasteiger partial charge on any atom is -0.391 e. The van der Waals surface area contributed by atoms with Crippen molar-refractivity contribution in [3.8, 4) is 12.1 Å². The van der Waals surface area contributed by atoms with Crippen molar-refractivity contribution in [2.45, 2.75) is 25.2 Å². The first-order chi connectivity index (χ1) is 14.5. The number of halogens is 3. The lowest BCUT2D eigenvalue weighted by Gasteiger charge is -2.26. The van der Waals surface area contributed by atoms with Crippen molar-refractivity contribution in [3.63, 3.8) is 0 Å². The maximum atomic E-state index is 13.2. The number of rotatable bonds is 5. The van der Waals surface area contributed by atoms with Crippen LogP contribution in [-0.2, 0) is 11.0 Å². The van der Waals surface area contributed by atoms with Crippen LogP contribution in [-0.4, -0.2) is 34.1 Å². The number of anilines is 1. The molecule has 0 heterocycles. The molecule has 2 aromatic carbocycles. The lowest BCUT2D eigenvalue weighted by molar-refractivity contribution is -0.137. The first-order valence-electron chi connectivity index (χ1n) is 8.68. The van der Waals surface area contributed by atoms with Gasteiger partial charge in [-0.25, -0.2) is 10.9 Å². The fraction of sp³-hybridized carbons (Fsp3) is 0.200. The Morgan fingerprint density at radius 1 is 1.13 bits per heavy atom. The number of nitrogens with two attached hydrogens (primary N) is 1. The minimum absolute atomic E-state index is 0.0167. The molecule has 2 rings (SSSR count). The smallest absolute Gasteiger partial charge is 0.391 e. The summed E-state index contributed by atoms with van der Waals surface area (Å²) in [6.45, 7) is 1.18. The standard InChI is InChI=1S/C20H16F3N5O3/c1-11(29)17(27-15-7-6-14(10-25)16(8-15)20(21,22)23)19(31)28(26)18(30)13-4-2-12(9-24)3-5-13/h2-8,11,17,27,29H,26H2,1H3/t11-,17-/m1/s1. The summed E-state index contributed by atoms with van der Waals surface area (Å²) >= 11 is 0. The molecular weight excluding hydrogens is 415 g/mol. The van der Waals surface area contributed by atoms with Gasteiger partial charge in [0.15, 0.2) is 0 Å². The Hall–Kier alpha value is -3.93. The third-order valence-corrected chi connectivity index (χ3v) is 4.23. The molecule has 0 aliphatic rings. The van der Waals surface area contributed by atoms with Crippen molar-refractivity contribution in [2.75, 3.05) is 5.32 Å². The van der Waals surface area contributed by atoms with Gasteiger partial charge in [-0.15, -0.1) is 0 Å². The molecule has 0 aromatic heterocycles. The molecule has 0 saturated heterocycles. The zero-order valence-electron chi connectivity index (χ0n) is 16.0. The predicted molar refractivity (Wildman–Crippen MR) is 102 cm³/mol. The monoisotopic (exact) mass is 431 g/mol. The van der Waals surface area contributed by atoms with E-state index in [9.17, 15) is 27.9 Å². The Bertz CT molecular complexity index is 1070. The SMILES string of the molecule is C[C@@H](O)[C@@H](Nc1ccc(C#N)c(C(F)(F)F)c1)C(=O)N(N)C(=O)c1ccc(C#N)cc1. The van der Waals surface area contributed by atoms with E-state index in [2.05, 4.69) is 5.32 Å². The Morgan fingerprint density at radius 3 is 2.23 bits per heavy atom. The summed E-state index contributed by atoms with van der Waals surface area (Å²) in [7, 11) is 0. The van der Waals surface area contributed by atoms with Crippen LogP contribution in [0.25, 0.3) is 0 Å². The summed E-state index contributed by atoms with van der Waals surface area (Å²) in [5, 5.41) is 30.3. The van der Waals surface area contributed by atoms with Gasteiger partial charge in [-0.2, -0.15) is 23.7 Å². The molecule has 11 heteroatoms. The van der Waals surface area contributed by atoms with Gasteiger partial charge in [0, 0.05) is 11.3 Å². The summed E-state index contributed by atoms with van der Waals surface area (Å²) in [5.41, 5.74) is -1.80. The van der Waals surface area contributed by atoms with Gasteiger partial charge in [0.2, 0.25) is 0 Å². The summed E-state index contributed by atoms with van der Waals surface area (Å²) < 4.78 is 39.5. The molecule has 160 valence electrons. The van der Waals surface area contributed by atoms with Gasteiger partial charge in [0.1, 0.15) is 6.04 Å². The predicted octanol–water partition coefficient (Wildman–Crippen LogP) is 2.15. The zero-order valence-corrected chi connectivity index (χ0v) is 16.0. The number of benzene rings is 2. The molecule has 0 saturated carbocycles. The molecule has 2 atom stereocenters. The zero-order chi connectivity index (χ0) is 23.3. The molecule has 0 aliphatic carbocycles.